The summed E-state index contributed by atoms with van der Waals surface area (Å²) in [5.74, 6) is -1.69. The van der Waals surface area contributed by atoms with Crippen molar-refractivity contribution in [1.29, 1.82) is 0 Å². The summed E-state index contributed by atoms with van der Waals surface area (Å²) in [5, 5.41) is 13.3. The molecule has 1 heterocycles. The Hall–Kier alpha value is -1.97. The Labute approximate surface area is 147 Å². The molecule has 2 rings (SSSR count). The van der Waals surface area contributed by atoms with Crippen LogP contribution in [0.4, 0.5) is 0 Å². The van der Waals surface area contributed by atoms with Crippen LogP contribution in [-0.2, 0) is 19.6 Å². The van der Waals surface area contributed by atoms with Crippen LogP contribution in [0, 0.1) is 6.92 Å². The van der Waals surface area contributed by atoms with Gasteiger partial charge in [-0.2, -0.15) is 4.31 Å². The van der Waals surface area contributed by atoms with Crippen LogP contribution in [-0.4, -0.2) is 61.9 Å². The number of benzene rings is 1. The average molecular weight is 369 g/mol. The molecule has 1 aromatic rings. The van der Waals surface area contributed by atoms with E-state index in [1.165, 1.54) is 4.31 Å². The summed E-state index contributed by atoms with van der Waals surface area (Å²) in [6, 6.07) is 6.24. The van der Waals surface area contributed by atoms with E-state index in [1.54, 1.807) is 24.3 Å². The number of sulfonamides is 1. The number of aliphatic hydroxyl groups excluding tert-OH is 1. The van der Waals surface area contributed by atoms with Gasteiger partial charge in [-0.25, -0.2) is 8.42 Å². The minimum Gasteiger partial charge on any atom is -0.395 e. The molecule has 1 aliphatic rings. The number of aryl methyl sites for hydroxylation is 1. The Balaban J connectivity index is 2.01. The molecule has 0 unspecified atom stereocenters. The molecule has 8 nitrogen and oxygen atoms in total. The fourth-order valence-electron chi connectivity index (χ4n) is 2.72. The highest BCUT2D eigenvalue weighted by Gasteiger charge is 2.35. The van der Waals surface area contributed by atoms with Crippen LogP contribution in [0.15, 0.2) is 29.2 Å². The normalized spacial score (nSPS) is 18.1. The van der Waals surface area contributed by atoms with Crippen molar-refractivity contribution >= 4 is 21.8 Å². The summed E-state index contributed by atoms with van der Waals surface area (Å²) in [4.78, 5) is 23.4. The van der Waals surface area contributed by atoms with Gasteiger partial charge in [0.05, 0.1) is 11.5 Å². The first kappa shape index (κ1) is 19.4. The van der Waals surface area contributed by atoms with E-state index in [0.717, 1.165) is 5.56 Å². The molecule has 0 bridgehead atoms. The molecular weight excluding hydrogens is 346 g/mol. The topological polar surface area (TPSA) is 116 Å². The fourth-order valence-corrected chi connectivity index (χ4v) is 4.41. The number of nitrogens with one attached hydrogen (secondary N) is 2. The second kappa shape index (κ2) is 8.41. The first-order valence-corrected chi connectivity index (χ1v) is 9.55. The lowest BCUT2D eigenvalue weighted by Gasteiger charge is -2.24. The lowest BCUT2D eigenvalue weighted by atomic mass is 10.2. The second-order valence-corrected chi connectivity index (χ2v) is 7.80. The molecule has 138 valence electrons. The predicted octanol–water partition coefficient (Wildman–Crippen LogP) is -0.627. The number of carbonyl (C=O) groups excluding carboxylic acids is 2. The Morgan fingerprint density at radius 2 is 1.84 bits per heavy atom. The van der Waals surface area contributed by atoms with Gasteiger partial charge in [0.1, 0.15) is 0 Å². The molecular formula is C16H23N3O5S. The molecule has 0 spiro atoms. The third-order valence-electron chi connectivity index (χ3n) is 4.05. The molecule has 3 N–H and O–H groups in total. The molecule has 0 saturated carbocycles. The molecule has 0 aromatic heterocycles. The van der Waals surface area contributed by atoms with Gasteiger partial charge < -0.3 is 15.7 Å². The molecule has 1 fully saturated rings. The molecule has 1 aliphatic heterocycles. The first-order chi connectivity index (χ1) is 11.9. The first-order valence-electron chi connectivity index (χ1n) is 8.11. The summed E-state index contributed by atoms with van der Waals surface area (Å²) in [6.07, 6.45) is 1.31. The highest BCUT2D eigenvalue weighted by atomic mass is 32.2. The number of amides is 2. The summed E-state index contributed by atoms with van der Waals surface area (Å²) in [6.45, 7) is 2.06. The van der Waals surface area contributed by atoms with Crippen molar-refractivity contribution in [2.75, 3.05) is 26.2 Å². The van der Waals surface area contributed by atoms with E-state index in [0.29, 0.717) is 19.4 Å². The lowest BCUT2D eigenvalue weighted by Crippen LogP contribution is -2.47. The van der Waals surface area contributed by atoms with E-state index < -0.39 is 21.8 Å². The number of hydrogen-bond donors (Lipinski definition) is 3. The Morgan fingerprint density at radius 3 is 2.48 bits per heavy atom. The number of carbonyl (C=O) groups is 2. The molecule has 1 saturated heterocycles. The van der Waals surface area contributed by atoms with Gasteiger partial charge in [0, 0.05) is 25.7 Å². The van der Waals surface area contributed by atoms with Crippen LogP contribution in [0.1, 0.15) is 18.4 Å². The Kier molecular flexibility index (Phi) is 6.51. The Morgan fingerprint density at radius 1 is 1.20 bits per heavy atom. The molecule has 1 aromatic carbocycles. The fraction of sp³-hybridized carbons (Fsp3) is 0.500. The largest absolute Gasteiger partial charge is 0.395 e. The standard InChI is InChI=1S/C16H23N3O5S/c1-12-4-6-14(7-5-12)25(23,24)19-9-2-3-13(19)11-18-16(22)15(21)17-8-10-20/h4-7,13,20H,2-3,8-11H2,1H3,(H,17,21)(H,18,22)/t13-/m0/s1. The highest BCUT2D eigenvalue weighted by molar-refractivity contribution is 7.89. The smallest absolute Gasteiger partial charge is 0.309 e. The van der Waals surface area contributed by atoms with Crippen molar-refractivity contribution in [1.82, 2.24) is 14.9 Å². The summed E-state index contributed by atoms with van der Waals surface area (Å²) in [7, 11) is -3.64. The SMILES string of the molecule is Cc1ccc(S(=O)(=O)N2CCC[C@H]2CNC(=O)C(=O)NCCO)cc1. The number of rotatable bonds is 6. The maximum atomic E-state index is 12.8. The van der Waals surface area contributed by atoms with Gasteiger partial charge in [-0.15, -0.1) is 0 Å². The van der Waals surface area contributed by atoms with Gasteiger partial charge in [0.15, 0.2) is 0 Å². The maximum Gasteiger partial charge on any atom is 0.309 e. The van der Waals surface area contributed by atoms with Crippen LogP contribution >= 0.6 is 0 Å². The Bertz CT molecular complexity index is 718. The minimum atomic E-state index is -3.64. The van der Waals surface area contributed by atoms with Gasteiger partial charge in [-0.05, 0) is 31.9 Å². The van der Waals surface area contributed by atoms with E-state index in [-0.39, 0.29) is 30.6 Å². The summed E-state index contributed by atoms with van der Waals surface area (Å²) < 4.78 is 26.9. The van der Waals surface area contributed by atoms with E-state index in [4.69, 9.17) is 5.11 Å². The molecule has 0 radical (unpaired) electrons. The molecule has 1 atom stereocenters. The summed E-state index contributed by atoms with van der Waals surface area (Å²) in [5.41, 5.74) is 0.970. The van der Waals surface area contributed by atoms with Crippen molar-refractivity contribution in [2.45, 2.75) is 30.7 Å². The third kappa shape index (κ3) is 4.77. The highest BCUT2D eigenvalue weighted by Crippen LogP contribution is 2.25. The lowest BCUT2D eigenvalue weighted by molar-refractivity contribution is -0.139. The van der Waals surface area contributed by atoms with E-state index in [2.05, 4.69) is 10.6 Å². The minimum absolute atomic E-state index is 0.0103. The van der Waals surface area contributed by atoms with Gasteiger partial charge in [-0.1, -0.05) is 17.7 Å². The molecule has 2 amide bonds. The zero-order valence-corrected chi connectivity index (χ0v) is 14.9. The van der Waals surface area contributed by atoms with Crippen LogP contribution in [0.25, 0.3) is 0 Å². The average Bonchev–Trinajstić information content (AvgIpc) is 3.07. The quantitative estimate of drug-likeness (QED) is 0.578. The predicted molar refractivity (Wildman–Crippen MR) is 91.2 cm³/mol. The number of aliphatic hydroxyl groups is 1. The van der Waals surface area contributed by atoms with Crippen molar-refractivity contribution in [3.8, 4) is 0 Å². The monoisotopic (exact) mass is 369 g/mol. The zero-order chi connectivity index (χ0) is 18.4. The van der Waals surface area contributed by atoms with Crippen LogP contribution in [0.5, 0.6) is 0 Å². The number of hydrogen-bond acceptors (Lipinski definition) is 5. The van der Waals surface area contributed by atoms with Gasteiger partial charge in [0.2, 0.25) is 10.0 Å². The van der Waals surface area contributed by atoms with Crippen LogP contribution < -0.4 is 10.6 Å². The van der Waals surface area contributed by atoms with E-state index in [9.17, 15) is 18.0 Å². The number of nitrogens with zero attached hydrogens (tertiary/aromatic N) is 1. The van der Waals surface area contributed by atoms with Crippen molar-refractivity contribution < 1.29 is 23.1 Å². The molecule has 25 heavy (non-hydrogen) atoms. The second-order valence-electron chi connectivity index (χ2n) is 5.91. The van der Waals surface area contributed by atoms with Gasteiger partial charge in [0.25, 0.3) is 0 Å². The van der Waals surface area contributed by atoms with Crippen molar-refractivity contribution in [3.05, 3.63) is 29.8 Å². The zero-order valence-electron chi connectivity index (χ0n) is 14.1. The van der Waals surface area contributed by atoms with E-state index >= 15 is 0 Å². The van der Waals surface area contributed by atoms with Crippen molar-refractivity contribution in [3.63, 3.8) is 0 Å². The maximum absolute atomic E-state index is 12.8. The molecule has 0 aliphatic carbocycles. The summed E-state index contributed by atoms with van der Waals surface area (Å²) >= 11 is 0. The van der Waals surface area contributed by atoms with Crippen LogP contribution in [0.3, 0.4) is 0 Å². The van der Waals surface area contributed by atoms with Gasteiger partial charge in [-0.3, -0.25) is 9.59 Å². The van der Waals surface area contributed by atoms with E-state index in [1.807, 2.05) is 6.92 Å². The molecule has 9 heteroatoms. The van der Waals surface area contributed by atoms with Crippen LogP contribution in [0.2, 0.25) is 0 Å². The van der Waals surface area contributed by atoms with Gasteiger partial charge >= 0.3 is 11.8 Å². The van der Waals surface area contributed by atoms with Crippen molar-refractivity contribution in [2.24, 2.45) is 0 Å². The third-order valence-corrected chi connectivity index (χ3v) is 6.02.